The standard InChI is InChI=1S/C8F16O4/c9-1(25)2(10,11)26-5(17,18)6(19,20)28-8(23,24)7(21,22)27-4(15,16)3(12,13)14. The van der Waals surface area contributed by atoms with Crippen molar-refractivity contribution < 1.29 is 89.3 Å². The molecule has 0 atom stereocenters. The first kappa shape index (κ1) is 26.4. The van der Waals surface area contributed by atoms with E-state index < -0.39 is 48.9 Å². The SMILES string of the molecule is O=C(F)C(F)(F)OC(F)(F)C(F)(F)OC(F)(F)C(F)(F)OC(F)(F)C(F)(F)F. The van der Waals surface area contributed by atoms with Gasteiger partial charge in [0.1, 0.15) is 0 Å². The first-order valence-corrected chi connectivity index (χ1v) is 5.45. The molecule has 0 saturated carbocycles. The quantitative estimate of drug-likeness (QED) is 0.368. The Labute approximate surface area is 139 Å². The molecule has 0 aliphatic carbocycles. The summed E-state index contributed by atoms with van der Waals surface area (Å²) in [7, 11) is 0. The van der Waals surface area contributed by atoms with Crippen LogP contribution >= 0.6 is 0 Å². The van der Waals surface area contributed by atoms with Crippen molar-refractivity contribution in [2.45, 2.75) is 42.8 Å². The highest BCUT2D eigenvalue weighted by Crippen LogP contribution is 2.50. The molecule has 0 radical (unpaired) electrons. The van der Waals surface area contributed by atoms with Gasteiger partial charge in [-0.2, -0.15) is 70.2 Å². The Kier molecular flexibility index (Phi) is 6.65. The van der Waals surface area contributed by atoms with E-state index in [1.54, 1.807) is 4.74 Å². The summed E-state index contributed by atoms with van der Waals surface area (Å²) >= 11 is 0. The van der Waals surface area contributed by atoms with Crippen LogP contribution < -0.4 is 0 Å². The second-order valence-corrected chi connectivity index (χ2v) is 4.18. The fourth-order valence-electron chi connectivity index (χ4n) is 0.819. The van der Waals surface area contributed by atoms with Gasteiger partial charge in [0.25, 0.3) is 0 Å². The third kappa shape index (κ3) is 5.49. The molecule has 4 nitrogen and oxygen atoms in total. The number of rotatable bonds is 9. The Morgan fingerprint density at radius 3 is 0.964 bits per heavy atom. The molecular formula is C8F16O4. The van der Waals surface area contributed by atoms with Crippen molar-refractivity contribution in [3.63, 3.8) is 0 Å². The molecule has 168 valence electrons. The van der Waals surface area contributed by atoms with Crippen molar-refractivity contribution >= 4 is 6.04 Å². The summed E-state index contributed by atoms with van der Waals surface area (Å²) < 4.78 is 201. The number of hydrogen-bond donors (Lipinski definition) is 0. The Morgan fingerprint density at radius 2 is 0.714 bits per heavy atom. The van der Waals surface area contributed by atoms with Crippen LogP contribution in [0.2, 0.25) is 0 Å². The summed E-state index contributed by atoms with van der Waals surface area (Å²) in [6.07, 6.45) is -50.4. The van der Waals surface area contributed by atoms with Crippen LogP contribution in [0.15, 0.2) is 0 Å². The largest absolute Gasteiger partial charge is 0.483 e. The summed E-state index contributed by atoms with van der Waals surface area (Å²) in [5, 5.41) is 0. The van der Waals surface area contributed by atoms with E-state index in [0.717, 1.165) is 0 Å². The van der Waals surface area contributed by atoms with Gasteiger partial charge in [-0.05, 0) is 0 Å². The van der Waals surface area contributed by atoms with E-state index in [9.17, 15) is 75.0 Å². The van der Waals surface area contributed by atoms with Gasteiger partial charge in [0.15, 0.2) is 0 Å². The molecule has 0 saturated heterocycles. The number of ether oxygens (including phenoxy) is 3. The molecule has 0 unspecified atom stereocenters. The van der Waals surface area contributed by atoms with Crippen molar-refractivity contribution in [2.75, 3.05) is 0 Å². The van der Waals surface area contributed by atoms with Gasteiger partial charge in [-0.1, -0.05) is 0 Å². The number of hydrogen-bond acceptors (Lipinski definition) is 4. The monoisotopic (exact) mass is 464 g/mol. The zero-order chi connectivity index (χ0) is 23.2. The van der Waals surface area contributed by atoms with Crippen LogP contribution in [-0.2, 0) is 19.0 Å². The van der Waals surface area contributed by atoms with Gasteiger partial charge >= 0.3 is 48.9 Å². The first-order chi connectivity index (χ1) is 11.8. The average molecular weight is 464 g/mol. The zero-order valence-electron chi connectivity index (χ0n) is 11.7. The average Bonchev–Trinajstić information content (AvgIpc) is 2.32. The van der Waals surface area contributed by atoms with Crippen molar-refractivity contribution in [1.82, 2.24) is 0 Å². The lowest BCUT2D eigenvalue weighted by Gasteiger charge is -2.33. The molecule has 0 bridgehead atoms. The van der Waals surface area contributed by atoms with E-state index >= 15 is 0 Å². The predicted octanol–water partition coefficient (Wildman–Crippen LogP) is 4.65. The maximum absolute atomic E-state index is 12.7. The molecule has 0 spiro atoms. The van der Waals surface area contributed by atoms with Gasteiger partial charge in [-0.25, -0.2) is 14.2 Å². The minimum absolute atomic E-state index is 1.30. The van der Waals surface area contributed by atoms with E-state index in [2.05, 4.69) is 0 Å². The normalized spacial score (nSPS) is 15.7. The van der Waals surface area contributed by atoms with Gasteiger partial charge in [0, 0.05) is 0 Å². The van der Waals surface area contributed by atoms with Crippen LogP contribution in [0.4, 0.5) is 70.2 Å². The van der Waals surface area contributed by atoms with Crippen LogP contribution in [0.1, 0.15) is 0 Å². The fraction of sp³-hybridized carbons (Fsp3) is 0.875. The second kappa shape index (κ2) is 7.04. The molecule has 0 rings (SSSR count). The van der Waals surface area contributed by atoms with Crippen molar-refractivity contribution in [2.24, 2.45) is 0 Å². The molecule has 0 aromatic carbocycles. The van der Waals surface area contributed by atoms with Gasteiger partial charge in [0.05, 0.1) is 0 Å². The van der Waals surface area contributed by atoms with Gasteiger partial charge in [-0.15, -0.1) is 0 Å². The van der Waals surface area contributed by atoms with E-state index in [1.165, 1.54) is 9.47 Å². The second-order valence-electron chi connectivity index (χ2n) is 4.18. The molecular weight excluding hydrogens is 464 g/mol. The van der Waals surface area contributed by atoms with Gasteiger partial charge in [-0.3, -0.25) is 4.79 Å². The first-order valence-electron chi connectivity index (χ1n) is 5.45. The van der Waals surface area contributed by atoms with Crippen LogP contribution in [0.3, 0.4) is 0 Å². The summed E-state index contributed by atoms with van der Waals surface area (Å²) in [5.41, 5.74) is 0. The van der Waals surface area contributed by atoms with E-state index in [1.807, 2.05) is 0 Å². The molecule has 0 aromatic rings. The Hall–Kier alpha value is -1.57. The van der Waals surface area contributed by atoms with E-state index in [4.69, 9.17) is 0 Å². The lowest BCUT2D eigenvalue weighted by atomic mass is 10.5. The van der Waals surface area contributed by atoms with Gasteiger partial charge < -0.3 is 0 Å². The summed E-state index contributed by atoms with van der Waals surface area (Å²) in [4.78, 5) is 9.53. The number of carbonyl (C=O) groups is 1. The highest BCUT2D eigenvalue weighted by Gasteiger charge is 2.76. The fourth-order valence-corrected chi connectivity index (χ4v) is 0.819. The van der Waals surface area contributed by atoms with Crippen molar-refractivity contribution in [3.8, 4) is 0 Å². The minimum atomic E-state index is -7.49. The number of halogens is 16. The predicted molar refractivity (Wildman–Crippen MR) is 45.1 cm³/mol. The number of alkyl halides is 15. The summed E-state index contributed by atoms with van der Waals surface area (Å²) in [6, 6.07) is -4.21. The van der Waals surface area contributed by atoms with Crippen molar-refractivity contribution in [1.29, 1.82) is 0 Å². The number of carbonyl (C=O) groups excluding carboxylic acids is 1. The van der Waals surface area contributed by atoms with Gasteiger partial charge in [0.2, 0.25) is 0 Å². The van der Waals surface area contributed by atoms with E-state index in [-0.39, 0.29) is 0 Å². The smallest absolute Gasteiger partial charge is 0.251 e. The lowest BCUT2D eigenvalue weighted by Crippen LogP contribution is -2.59. The Bertz CT molecular complexity index is 580. The Balaban J connectivity index is 5.73. The topological polar surface area (TPSA) is 44.8 Å². The Morgan fingerprint density at radius 1 is 0.464 bits per heavy atom. The molecule has 20 heteroatoms. The highest BCUT2D eigenvalue weighted by molar-refractivity contribution is 5.74. The third-order valence-electron chi connectivity index (χ3n) is 2.01. The van der Waals surface area contributed by atoms with Crippen LogP contribution in [-0.4, -0.2) is 48.9 Å². The maximum atomic E-state index is 12.7. The minimum Gasteiger partial charge on any atom is -0.251 e. The molecule has 0 heterocycles. The molecule has 0 aliphatic heterocycles. The molecule has 0 amide bonds. The van der Waals surface area contributed by atoms with Crippen molar-refractivity contribution in [3.05, 3.63) is 0 Å². The van der Waals surface area contributed by atoms with Crippen LogP contribution in [0.25, 0.3) is 0 Å². The summed E-state index contributed by atoms with van der Waals surface area (Å²) in [5.74, 6) is 0. The zero-order valence-corrected chi connectivity index (χ0v) is 11.7. The molecule has 28 heavy (non-hydrogen) atoms. The summed E-state index contributed by atoms with van der Waals surface area (Å²) in [6.45, 7) is 0. The third-order valence-corrected chi connectivity index (χ3v) is 2.01. The molecule has 0 fully saturated rings. The van der Waals surface area contributed by atoms with E-state index in [0.29, 0.717) is 0 Å². The van der Waals surface area contributed by atoms with Crippen LogP contribution in [0, 0.1) is 0 Å². The molecule has 0 aliphatic rings. The van der Waals surface area contributed by atoms with Crippen LogP contribution in [0.5, 0.6) is 0 Å². The highest BCUT2D eigenvalue weighted by atomic mass is 19.4. The molecule has 0 aromatic heterocycles. The molecule has 0 N–H and O–H groups in total. The lowest BCUT2D eigenvalue weighted by molar-refractivity contribution is -0.565. The maximum Gasteiger partial charge on any atom is 0.483 e.